The summed E-state index contributed by atoms with van der Waals surface area (Å²) in [5.74, 6) is 0. The Hall–Kier alpha value is -0.460. The molecule has 0 radical (unpaired) electrons. The highest BCUT2D eigenvalue weighted by Crippen LogP contribution is 1.98. The van der Waals surface area contributed by atoms with Crippen LogP contribution in [0.1, 0.15) is 0 Å². The topological polar surface area (TPSA) is 57.7 Å². The summed E-state index contributed by atoms with van der Waals surface area (Å²) in [5, 5.41) is 0. The van der Waals surface area contributed by atoms with Gasteiger partial charge in [0.15, 0.2) is 0 Å². The molecule has 0 amide bonds. The maximum absolute atomic E-state index is 11.1. The van der Waals surface area contributed by atoms with Crippen LogP contribution >= 0.6 is 0 Å². The predicted octanol–water partition coefficient (Wildman–Crippen LogP) is -1.08. The van der Waals surface area contributed by atoms with Crippen LogP contribution < -0.4 is 0 Å². The largest absolute Gasteiger partial charge is 0.302 e. The van der Waals surface area contributed by atoms with E-state index in [1.54, 1.807) is 0 Å². The van der Waals surface area contributed by atoms with Crippen molar-refractivity contribution in [2.45, 2.75) is 0 Å². The SMILES string of the molecule is CN(C)S(=O)(=O)N(C)CC=O. The average molecular weight is 180 g/mol. The van der Waals surface area contributed by atoms with Gasteiger partial charge in [0.25, 0.3) is 10.2 Å². The second kappa shape index (κ2) is 3.80. The van der Waals surface area contributed by atoms with Gasteiger partial charge in [-0.2, -0.15) is 17.0 Å². The van der Waals surface area contributed by atoms with Crippen LogP contribution in [0.5, 0.6) is 0 Å². The number of carbonyl (C=O) groups is 1. The molecule has 0 aliphatic rings. The van der Waals surface area contributed by atoms with Gasteiger partial charge in [-0.3, -0.25) is 0 Å². The molecule has 0 unspecified atom stereocenters. The van der Waals surface area contributed by atoms with E-state index >= 15 is 0 Å². The monoisotopic (exact) mass is 180 g/mol. The Balaban J connectivity index is 4.43. The number of nitrogens with zero attached hydrogens (tertiary/aromatic N) is 2. The van der Waals surface area contributed by atoms with E-state index in [1.807, 2.05) is 0 Å². The molecule has 66 valence electrons. The first kappa shape index (κ1) is 10.5. The lowest BCUT2D eigenvalue weighted by Crippen LogP contribution is -2.38. The number of likely N-dealkylation sites (N-methyl/N-ethyl adjacent to an activating group) is 1. The summed E-state index contributed by atoms with van der Waals surface area (Å²) in [6.07, 6.45) is 0.543. The number of hydrogen-bond acceptors (Lipinski definition) is 3. The van der Waals surface area contributed by atoms with Gasteiger partial charge in [-0.25, -0.2) is 0 Å². The van der Waals surface area contributed by atoms with E-state index in [0.717, 1.165) is 8.61 Å². The van der Waals surface area contributed by atoms with Crippen molar-refractivity contribution in [1.29, 1.82) is 0 Å². The Labute approximate surface area is 66.8 Å². The van der Waals surface area contributed by atoms with Gasteiger partial charge in [0.05, 0.1) is 6.54 Å². The molecule has 0 aliphatic carbocycles. The fourth-order valence-corrected chi connectivity index (χ4v) is 1.28. The van der Waals surface area contributed by atoms with Crippen molar-refractivity contribution in [2.75, 3.05) is 27.7 Å². The third-order valence-corrected chi connectivity index (χ3v) is 3.05. The number of carbonyl (C=O) groups excluding carboxylic acids is 1. The van der Waals surface area contributed by atoms with E-state index in [4.69, 9.17) is 0 Å². The molecular weight excluding hydrogens is 168 g/mol. The Bertz CT molecular complexity index is 222. The second-order valence-electron chi connectivity index (χ2n) is 2.24. The molecule has 0 fully saturated rings. The van der Waals surface area contributed by atoms with Gasteiger partial charge in [-0.1, -0.05) is 0 Å². The molecule has 0 aromatic heterocycles. The van der Waals surface area contributed by atoms with Gasteiger partial charge in [0, 0.05) is 21.1 Å². The lowest BCUT2D eigenvalue weighted by molar-refractivity contribution is -0.107. The summed E-state index contributed by atoms with van der Waals surface area (Å²) in [7, 11) is 0.774. The summed E-state index contributed by atoms with van der Waals surface area (Å²) in [5.41, 5.74) is 0. The zero-order valence-electron chi connectivity index (χ0n) is 6.81. The summed E-state index contributed by atoms with van der Waals surface area (Å²) in [4.78, 5) is 9.96. The first-order valence-electron chi connectivity index (χ1n) is 3.00. The first-order valence-corrected chi connectivity index (χ1v) is 4.40. The summed E-state index contributed by atoms with van der Waals surface area (Å²) in [6.45, 7) is -0.111. The van der Waals surface area contributed by atoms with Crippen LogP contribution in [-0.4, -0.2) is 51.0 Å². The normalized spacial score (nSPS) is 12.5. The van der Waals surface area contributed by atoms with Crippen molar-refractivity contribution >= 4 is 16.5 Å². The van der Waals surface area contributed by atoms with Crippen molar-refractivity contribution in [3.63, 3.8) is 0 Å². The number of aldehydes is 1. The molecule has 0 bridgehead atoms. The van der Waals surface area contributed by atoms with Crippen LogP contribution in [0, 0.1) is 0 Å². The molecule has 0 rings (SSSR count). The summed E-state index contributed by atoms with van der Waals surface area (Å²) in [6, 6.07) is 0. The Morgan fingerprint density at radius 1 is 1.27 bits per heavy atom. The van der Waals surface area contributed by atoms with E-state index in [0.29, 0.717) is 6.29 Å². The van der Waals surface area contributed by atoms with Crippen LogP contribution in [0.15, 0.2) is 0 Å². The van der Waals surface area contributed by atoms with Gasteiger partial charge < -0.3 is 4.79 Å². The van der Waals surface area contributed by atoms with E-state index in [2.05, 4.69) is 0 Å². The van der Waals surface area contributed by atoms with Gasteiger partial charge in [0.2, 0.25) is 0 Å². The van der Waals surface area contributed by atoms with Crippen molar-refractivity contribution < 1.29 is 13.2 Å². The van der Waals surface area contributed by atoms with Crippen molar-refractivity contribution in [2.24, 2.45) is 0 Å². The highest BCUT2D eigenvalue weighted by molar-refractivity contribution is 7.86. The van der Waals surface area contributed by atoms with Crippen LogP contribution in [0.3, 0.4) is 0 Å². The molecule has 0 saturated heterocycles. The third kappa shape index (κ3) is 2.57. The minimum atomic E-state index is -3.40. The smallest absolute Gasteiger partial charge is 0.281 e. The molecule has 0 saturated carbocycles. The van der Waals surface area contributed by atoms with Crippen LogP contribution in [0.2, 0.25) is 0 Å². The van der Waals surface area contributed by atoms with Crippen molar-refractivity contribution in [3.05, 3.63) is 0 Å². The van der Waals surface area contributed by atoms with E-state index in [1.165, 1.54) is 21.1 Å². The molecule has 0 atom stereocenters. The van der Waals surface area contributed by atoms with Crippen molar-refractivity contribution in [1.82, 2.24) is 8.61 Å². The van der Waals surface area contributed by atoms with E-state index in [9.17, 15) is 13.2 Å². The lowest BCUT2D eigenvalue weighted by Gasteiger charge is -2.18. The standard InChI is InChI=1S/C5H12N2O3S/c1-6(2)11(9,10)7(3)4-5-8/h5H,4H2,1-3H3. The molecule has 0 aliphatic heterocycles. The number of hydrogen-bond donors (Lipinski definition) is 0. The molecular formula is C5H12N2O3S. The van der Waals surface area contributed by atoms with Crippen molar-refractivity contribution in [3.8, 4) is 0 Å². The van der Waals surface area contributed by atoms with Crippen LogP contribution in [0.4, 0.5) is 0 Å². The maximum Gasteiger partial charge on any atom is 0.281 e. The van der Waals surface area contributed by atoms with E-state index < -0.39 is 10.2 Å². The average Bonchev–Trinajstić information content (AvgIpc) is 1.88. The highest BCUT2D eigenvalue weighted by atomic mass is 32.2. The molecule has 0 heterocycles. The molecule has 0 aromatic carbocycles. The molecule has 5 nitrogen and oxygen atoms in total. The Kier molecular flexibility index (Phi) is 3.64. The summed E-state index contributed by atoms with van der Waals surface area (Å²) >= 11 is 0. The van der Waals surface area contributed by atoms with Crippen LogP contribution in [-0.2, 0) is 15.0 Å². The fraction of sp³-hybridized carbons (Fsp3) is 0.800. The van der Waals surface area contributed by atoms with Gasteiger partial charge >= 0.3 is 0 Å². The minimum Gasteiger partial charge on any atom is -0.302 e. The predicted molar refractivity (Wildman–Crippen MR) is 41.3 cm³/mol. The molecule has 0 N–H and O–H groups in total. The molecule has 11 heavy (non-hydrogen) atoms. The quantitative estimate of drug-likeness (QED) is 0.517. The van der Waals surface area contributed by atoms with Gasteiger partial charge in [-0.05, 0) is 0 Å². The zero-order chi connectivity index (χ0) is 9.07. The lowest BCUT2D eigenvalue weighted by atomic mass is 10.7. The van der Waals surface area contributed by atoms with E-state index in [-0.39, 0.29) is 6.54 Å². The van der Waals surface area contributed by atoms with Gasteiger partial charge in [-0.15, -0.1) is 0 Å². The first-order chi connectivity index (χ1) is 4.92. The Morgan fingerprint density at radius 2 is 1.73 bits per heavy atom. The second-order valence-corrected chi connectivity index (χ2v) is 4.49. The fourth-order valence-electron chi connectivity index (χ4n) is 0.478. The maximum atomic E-state index is 11.1. The molecule has 0 spiro atoms. The molecule has 0 aromatic rings. The summed E-state index contributed by atoms with van der Waals surface area (Å²) < 4.78 is 24.3. The van der Waals surface area contributed by atoms with Gasteiger partial charge in [0.1, 0.15) is 6.29 Å². The minimum absolute atomic E-state index is 0.111. The Morgan fingerprint density at radius 3 is 2.00 bits per heavy atom. The number of rotatable bonds is 4. The third-order valence-electron chi connectivity index (χ3n) is 1.19. The van der Waals surface area contributed by atoms with Crippen LogP contribution in [0.25, 0.3) is 0 Å². The zero-order valence-corrected chi connectivity index (χ0v) is 7.63. The highest BCUT2D eigenvalue weighted by Gasteiger charge is 2.18. The molecule has 6 heteroatoms.